The van der Waals surface area contributed by atoms with E-state index < -0.39 is 4.92 Å². The van der Waals surface area contributed by atoms with Crippen molar-refractivity contribution in [2.45, 2.75) is 0 Å². The van der Waals surface area contributed by atoms with E-state index in [9.17, 15) is 10.1 Å². The second-order valence-electron chi connectivity index (χ2n) is 2.99. The molecule has 2 aromatic rings. The standard InChI is InChI=1S/C8H5ClIN4O2P/c9-8-3-5(7(4-11-8)14(15)16)6-1-2-12-13(6)17-10/h1-4,17H. The maximum Gasteiger partial charge on any atom is 0.297 e. The normalized spacial score (nSPS) is 11.2. The summed E-state index contributed by atoms with van der Waals surface area (Å²) in [6.45, 7) is 0. The van der Waals surface area contributed by atoms with Crippen LogP contribution in [0, 0.1) is 10.1 Å². The van der Waals surface area contributed by atoms with E-state index in [2.05, 4.69) is 32.1 Å². The third kappa shape index (κ3) is 2.56. The Morgan fingerprint density at radius 1 is 1.59 bits per heavy atom. The first-order valence-corrected chi connectivity index (χ1v) is 8.78. The van der Waals surface area contributed by atoms with Crippen LogP contribution in [0.3, 0.4) is 0 Å². The molecule has 9 heteroatoms. The maximum absolute atomic E-state index is 10.9. The van der Waals surface area contributed by atoms with Crippen molar-refractivity contribution < 1.29 is 4.92 Å². The van der Waals surface area contributed by atoms with E-state index in [1.54, 1.807) is 16.7 Å². The number of aromatic nitrogens is 3. The quantitative estimate of drug-likeness (QED) is 0.268. The molecule has 88 valence electrons. The largest absolute Gasteiger partial charge is 0.297 e. The molecule has 0 aliphatic heterocycles. The van der Waals surface area contributed by atoms with Crippen LogP contribution in [-0.4, -0.2) is 19.5 Å². The van der Waals surface area contributed by atoms with Gasteiger partial charge in [0.1, 0.15) is 11.3 Å². The van der Waals surface area contributed by atoms with Crippen LogP contribution in [0.4, 0.5) is 5.69 Å². The van der Waals surface area contributed by atoms with E-state index in [0.717, 1.165) is 6.20 Å². The van der Waals surface area contributed by atoms with Gasteiger partial charge in [-0.2, -0.15) is 5.10 Å². The molecule has 0 amide bonds. The second-order valence-corrected chi connectivity index (χ2v) is 5.42. The van der Waals surface area contributed by atoms with Gasteiger partial charge in [0.15, 0.2) is 0 Å². The summed E-state index contributed by atoms with van der Waals surface area (Å²) in [7, 11) is 0. The van der Waals surface area contributed by atoms with Crippen LogP contribution in [-0.2, 0) is 0 Å². The van der Waals surface area contributed by atoms with E-state index in [4.69, 9.17) is 11.6 Å². The van der Waals surface area contributed by atoms with Crippen LogP contribution in [0.2, 0.25) is 5.15 Å². The molecule has 6 nitrogen and oxygen atoms in total. The van der Waals surface area contributed by atoms with Gasteiger partial charge in [0.2, 0.25) is 0 Å². The van der Waals surface area contributed by atoms with Crippen LogP contribution in [0.1, 0.15) is 0 Å². The van der Waals surface area contributed by atoms with Gasteiger partial charge in [0.05, 0.1) is 22.6 Å². The third-order valence-electron chi connectivity index (χ3n) is 2.04. The molecule has 0 radical (unpaired) electrons. The van der Waals surface area contributed by atoms with E-state index in [0.29, 0.717) is 17.6 Å². The Morgan fingerprint density at radius 3 is 3.00 bits per heavy atom. The lowest BCUT2D eigenvalue weighted by Gasteiger charge is -2.04. The van der Waals surface area contributed by atoms with Crippen molar-refractivity contribution in [3.05, 3.63) is 39.8 Å². The summed E-state index contributed by atoms with van der Waals surface area (Å²) in [5.41, 5.74) is 1.01. The lowest BCUT2D eigenvalue weighted by molar-refractivity contribution is -0.384. The van der Waals surface area contributed by atoms with Crippen molar-refractivity contribution >= 4 is 45.7 Å². The highest BCUT2D eigenvalue weighted by atomic mass is 127. The van der Waals surface area contributed by atoms with Crippen LogP contribution in [0.25, 0.3) is 11.3 Å². The Balaban J connectivity index is 2.65. The van der Waals surface area contributed by atoms with Crippen molar-refractivity contribution in [3.8, 4) is 11.3 Å². The van der Waals surface area contributed by atoms with Crippen molar-refractivity contribution in [2.75, 3.05) is 0 Å². The van der Waals surface area contributed by atoms with Gasteiger partial charge >= 0.3 is 0 Å². The first-order chi connectivity index (χ1) is 8.13. The number of pyridine rings is 1. The minimum absolute atomic E-state index is 0.0780. The average Bonchev–Trinajstić information content (AvgIpc) is 2.76. The first-order valence-electron chi connectivity index (χ1n) is 4.34. The molecule has 0 saturated heterocycles. The highest BCUT2D eigenvalue weighted by molar-refractivity contribution is 14.2. The molecule has 0 spiro atoms. The van der Waals surface area contributed by atoms with Gasteiger partial charge in [-0.15, -0.1) is 0 Å². The monoisotopic (exact) mass is 382 g/mol. The number of nitro groups is 1. The molecule has 0 aliphatic rings. The van der Waals surface area contributed by atoms with Crippen LogP contribution < -0.4 is 0 Å². The number of nitrogens with zero attached hydrogens (tertiary/aromatic N) is 4. The molecule has 2 rings (SSSR count). The summed E-state index contributed by atoms with van der Waals surface area (Å²) in [5.74, 6) is 0. The lowest BCUT2D eigenvalue weighted by Crippen LogP contribution is -1.96. The van der Waals surface area contributed by atoms with E-state index >= 15 is 0 Å². The average molecular weight is 382 g/mol. The molecule has 1 atom stereocenters. The van der Waals surface area contributed by atoms with E-state index in [-0.39, 0.29) is 10.8 Å². The lowest BCUT2D eigenvalue weighted by atomic mass is 10.2. The van der Waals surface area contributed by atoms with Gasteiger partial charge in [0.25, 0.3) is 5.69 Å². The minimum atomic E-state index is -0.480. The molecule has 2 aromatic heterocycles. The SMILES string of the molecule is O=[N+]([O-])c1cnc(Cl)cc1-c1ccnn1PI. The molecule has 1 unspecified atom stereocenters. The highest BCUT2D eigenvalue weighted by Crippen LogP contribution is 2.35. The molecule has 0 bridgehead atoms. The summed E-state index contributed by atoms with van der Waals surface area (Å²) in [4.78, 5) is 14.2. The Kier molecular flexibility index (Phi) is 3.90. The number of halogens is 2. The topological polar surface area (TPSA) is 73.8 Å². The van der Waals surface area contributed by atoms with E-state index in [1.807, 2.05) is 0 Å². The summed E-state index contributed by atoms with van der Waals surface area (Å²) in [5, 5.41) is 15.2. The van der Waals surface area contributed by atoms with Gasteiger partial charge < -0.3 is 0 Å². The van der Waals surface area contributed by atoms with Gasteiger partial charge in [-0.1, -0.05) is 11.6 Å². The zero-order chi connectivity index (χ0) is 12.4. The Bertz CT molecular complexity index is 576. The highest BCUT2D eigenvalue weighted by Gasteiger charge is 2.19. The molecule has 0 N–H and O–H groups in total. The number of hydrogen-bond donors (Lipinski definition) is 0. The predicted molar refractivity (Wildman–Crippen MR) is 74.9 cm³/mol. The smallest absolute Gasteiger partial charge is 0.258 e. The molecular weight excluding hydrogens is 377 g/mol. The fourth-order valence-corrected chi connectivity index (χ4v) is 3.06. The van der Waals surface area contributed by atoms with Gasteiger partial charge in [0, 0.05) is 6.20 Å². The second kappa shape index (κ2) is 5.24. The summed E-state index contributed by atoms with van der Waals surface area (Å²) >= 11 is 7.92. The minimum Gasteiger partial charge on any atom is -0.258 e. The van der Waals surface area contributed by atoms with Crippen LogP contribution >= 0.6 is 40.0 Å². The number of hydrogen-bond acceptors (Lipinski definition) is 4. The maximum atomic E-state index is 10.9. The van der Waals surface area contributed by atoms with Crippen LogP contribution in [0.15, 0.2) is 24.5 Å². The summed E-state index contributed by atoms with van der Waals surface area (Å²) in [6.07, 6.45) is 3.11. The Morgan fingerprint density at radius 2 is 2.35 bits per heavy atom. The zero-order valence-electron chi connectivity index (χ0n) is 8.17. The van der Waals surface area contributed by atoms with Crippen molar-refractivity contribution in [1.29, 1.82) is 0 Å². The zero-order valence-corrected chi connectivity index (χ0v) is 12.1. The first kappa shape index (κ1) is 12.7. The van der Waals surface area contributed by atoms with Crippen molar-refractivity contribution in [2.24, 2.45) is 0 Å². The summed E-state index contributed by atoms with van der Waals surface area (Å²) < 4.78 is 1.68. The summed E-state index contributed by atoms with van der Waals surface area (Å²) in [6, 6.07) is 3.19. The van der Waals surface area contributed by atoms with E-state index in [1.165, 1.54) is 6.07 Å². The van der Waals surface area contributed by atoms with Crippen molar-refractivity contribution in [3.63, 3.8) is 0 Å². The fraction of sp³-hybridized carbons (Fsp3) is 0. The molecule has 0 aliphatic carbocycles. The molecule has 0 saturated carbocycles. The van der Waals surface area contributed by atoms with Crippen molar-refractivity contribution in [1.82, 2.24) is 14.5 Å². The molecule has 2 heterocycles. The Labute approximate surface area is 116 Å². The molecular formula is C8H5ClIN4O2P. The Hall–Kier alpha value is -0.790. The third-order valence-corrected chi connectivity index (χ3v) is 4.14. The van der Waals surface area contributed by atoms with Gasteiger partial charge in [-0.05, 0) is 34.2 Å². The fourth-order valence-electron chi connectivity index (χ4n) is 1.35. The van der Waals surface area contributed by atoms with Crippen LogP contribution in [0.5, 0.6) is 0 Å². The van der Waals surface area contributed by atoms with Gasteiger partial charge in [-0.3, -0.25) is 10.1 Å². The number of rotatable bonds is 3. The predicted octanol–water partition coefficient (Wildman–Crippen LogP) is 3.30. The molecule has 17 heavy (non-hydrogen) atoms. The molecule has 0 aromatic carbocycles. The molecule has 0 fully saturated rings. The van der Waals surface area contributed by atoms with Gasteiger partial charge in [-0.25, -0.2) is 9.44 Å².